The van der Waals surface area contributed by atoms with Crippen molar-refractivity contribution in [1.82, 2.24) is 20.4 Å². The van der Waals surface area contributed by atoms with E-state index in [9.17, 15) is 4.79 Å². The lowest BCUT2D eigenvalue weighted by Crippen LogP contribution is -2.23. The second-order valence-electron chi connectivity index (χ2n) is 6.24. The summed E-state index contributed by atoms with van der Waals surface area (Å²) < 4.78 is 10.6. The SMILES string of the molecule is COc1ccc(-c2noc(-c3ccccc3C(=O)NCc3cccnc3)n2)cc1. The van der Waals surface area contributed by atoms with E-state index in [1.807, 2.05) is 42.5 Å². The van der Waals surface area contributed by atoms with E-state index in [1.54, 1.807) is 37.7 Å². The van der Waals surface area contributed by atoms with E-state index < -0.39 is 0 Å². The van der Waals surface area contributed by atoms with Crippen LogP contribution in [0.4, 0.5) is 0 Å². The Bertz CT molecular complexity index is 1110. The molecule has 0 aliphatic heterocycles. The number of nitrogens with one attached hydrogen (secondary N) is 1. The monoisotopic (exact) mass is 386 g/mol. The molecule has 144 valence electrons. The maximum atomic E-state index is 12.7. The Balaban J connectivity index is 1.56. The second kappa shape index (κ2) is 8.35. The number of ether oxygens (including phenoxy) is 1. The van der Waals surface area contributed by atoms with E-state index >= 15 is 0 Å². The molecule has 0 aliphatic rings. The first-order valence-electron chi connectivity index (χ1n) is 8.99. The fraction of sp³-hybridized carbons (Fsp3) is 0.0909. The molecule has 2 heterocycles. The van der Waals surface area contributed by atoms with Crippen LogP contribution in [0.2, 0.25) is 0 Å². The number of pyridine rings is 1. The second-order valence-corrected chi connectivity index (χ2v) is 6.24. The number of hydrogen-bond donors (Lipinski definition) is 1. The summed E-state index contributed by atoms with van der Waals surface area (Å²) in [6.45, 7) is 0.377. The van der Waals surface area contributed by atoms with Crippen LogP contribution in [-0.4, -0.2) is 28.1 Å². The Morgan fingerprint density at radius 3 is 2.66 bits per heavy atom. The summed E-state index contributed by atoms with van der Waals surface area (Å²) >= 11 is 0. The van der Waals surface area contributed by atoms with E-state index in [1.165, 1.54) is 0 Å². The molecule has 2 aromatic heterocycles. The Hall–Kier alpha value is -4.00. The molecule has 0 saturated carbocycles. The maximum absolute atomic E-state index is 12.7. The van der Waals surface area contributed by atoms with Crippen molar-refractivity contribution < 1.29 is 14.1 Å². The van der Waals surface area contributed by atoms with Crippen molar-refractivity contribution in [3.63, 3.8) is 0 Å². The normalized spacial score (nSPS) is 10.5. The number of aromatic nitrogens is 3. The molecule has 0 atom stereocenters. The zero-order valence-corrected chi connectivity index (χ0v) is 15.7. The van der Waals surface area contributed by atoms with Gasteiger partial charge in [0.25, 0.3) is 11.8 Å². The number of benzene rings is 2. The highest BCUT2D eigenvalue weighted by Crippen LogP contribution is 2.26. The van der Waals surface area contributed by atoms with Crippen LogP contribution in [0, 0.1) is 0 Å². The lowest BCUT2D eigenvalue weighted by molar-refractivity contribution is 0.0951. The van der Waals surface area contributed by atoms with Gasteiger partial charge < -0.3 is 14.6 Å². The summed E-state index contributed by atoms with van der Waals surface area (Å²) in [5.41, 5.74) is 2.74. The Morgan fingerprint density at radius 2 is 1.90 bits per heavy atom. The van der Waals surface area contributed by atoms with Crippen LogP contribution < -0.4 is 10.1 Å². The van der Waals surface area contributed by atoms with Gasteiger partial charge in [0, 0.05) is 24.5 Å². The number of rotatable bonds is 6. The minimum Gasteiger partial charge on any atom is -0.497 e. The molecule has 0 saturated heterocycles. The van der Waals surface area contributed by atoms with Crippen LogP contribution >= 0.6 is 0 Å². The van der Waals surface area contributed by atoms with Crippen molar-refractivity contribution in [3.8, 4) is 28.6 Å². The summed E-state index contributed by atoms with van der Waals surface area (Å²) in [4.78, 5) is 21.2. The van der Waals surface area contributed by atoms with Crippen molar-refractivity contribution in [2.45, 2.75) is 6.54 Å². The molecule has 1 N–H and O–H groups in total. The first-order valence-corrected chi connectivity index (χ1v) is 8.99. The maximum Gasteiger partial charge on any atom is 0.259 e. The predicted octanol–water partition coefficient (Wildman–Crippen LogP) is 3.74. The van der Waals surface area contributed by atoms with Crippen LogP contribution in [0.1, 0.15) is 15.9 Å². The molecule has 0 unspecified atom stereocenters. The Labute approximate surface area is 167 Å². The quantitative estimate of drug-likeness (QED) is 0.543. The summed E-state index contributed by atoms with van der Waals surface area (Å²) in [6, 6.07) is 18.2. The van der Waals surface area contributed by atoms with Crippen molar-refractivity contribution in [3.05, 3.63) is 84.2 Å². The third-order valence-electron chi connectivity index (χ3n) is 4.35. The van der Waals surface area contributed by atoms with Gasteiger partial charge in [-0.2, -0.15) is 4.98 Å². The third-order valence-corrected chi connectivity index (χ3v) is 4.35. The molecular formula is C22H18N4O3. The van der Waals surface area contributed by atoms with Crippen molar-refractivity contribution in [2.24, 2.45) is 0 Å². The average Bonchev–Trinajstić information content (AvgIpc) is 3.28. The lowest BCUT2D eigenvalue weighted by Gasteiger charge is -2.07. The van der Waals surface area contributed by atoms with Gasteiger partial charge in [-0.05, 0) is 48.0 Å². The summed E-state index contributed by atoms with van der Waals surface area (Å²) in [7, 11) is 1.61. The fourth-order valence-corrected chi connectivity index (χ4v) is 2.84. The molecule has 0 spiro atoms. The summed E-state index contributed by atoms with van der Waals surface area (Å²) in [5.74, 6) is 1.23. The van der Waals surface area contributed by atoms with E-state index in [4.69, 9.17) is 9.26 Å². The Kier molecular flexibility index (Phi) is 5.29. The van der Waals surface area contributed by atoms with Crippen LogP contribution in [0.3, 0.4) is 0 Å². The number of carbonyl (C=O) groups excluding carboxylic acids is 1. The van der Waals surface area contributed by atoms with Gasteiger partial charge in [0.05, 0.1) is 18.2 Å². The van der Waals surface area contributed by atoms with Gasteiger partial charge in [0.15, 0.2) is 0 Å². The smallest absolute Gasteiger partial charge is 0.259 e. The van der Waals surface area contributed by atoms with E-state index in [2.05, 4.69) is 20.4 Å². The fourth-order valence-electron chi connectivity index (χ4n) is 2.84. The molecule has 4 aromatic rings. The lowest BCUT2D eigenvalue weighted by atomic mass is 10.1. The van der Waals surface area contributed by atoms with Crippen molar-refractivity contribution >= 4 is 5.91 Å². The average molecular weight is 386 g/mol. The highest BCUT2D eigenvalue weighted by Gasteiger charge is 2.18. The van der Waals surface area contributed by atoms with Crippen LogP contribution in [0.25, 0.3) is 22.8 Å². The molecule has 7 nitrogen and oxygen atoms in total. The Morgan fingerprint density at radius 1 is 1.07 bits per heavy atom. The minimum absolute atomic E-state index is 0.228. The molecular weight excluding hydrogens is 368 g/mol. The van der Waals surface area contributed by atoms with Crippen LogP contribution in [0.5, 0.6) is 5.75 Å². The van der Waals surface area contributed by atoms with E-state index in [-0.39, 0.29) is 11.8 Å². The molecule has 7 heteroatoms. The van der Waals surface area contributed by atoms with Crippen molar-refractivity contribution in [1.29, 1.82) is 0 Å². The van der Waals surface area contributed by atoms with Gasteiger partial charge in [-0.1, -0.05) is 23.4 Å². The van der Waals surface area contributed by atoms with Gasteiger partial charge >= 0.3 is 0 Å². The van der Waals surface area contributed by atoms with E-state index in [0.29, 0.717) is 23.5 Å². The van der Waals surface area contributed by atoms with Gasteiger partial charge in [0.1, 0.15) is 5.75 Å². The molecule has 4 rings (SSSR count). The third kappa shape index (κ3) is 4.14. The topological polar surface area (TPSA) is 90.1 Å². The van der Waals surface area contributed by atoms with Crippen LogP contribution in [0.15, 0.2) is 77.6 Å². The summed E-state index contributed by atoms with van der Waals surface area (Å²) in [5, 5.41) is 6.94. The van der Waals surface area contributed by atoms with Gasteiger partial charge in [-0.3, -0.25) is 9.78 Å². The largest absolute Gasteiger partial charge is 0.497 e. The molecule has 0 aliphatic carbocycles. The molecule has 29 heavy (non-hydrogen) atoms. The van der Waals surface area contributed by atoms with Gasteiger partial charge in [-0.15, -0.1) is 0 Å². The first kappa shape index (κ1) is 18.4. The first-order chi connectivity index (χ1) is 14.2. The van der Waals surface area contributed by atoms with E-state index in [0.717, 1.165) is 16.9 Å². The number of carbonyl (C=O) groups is 1. The number of nitrogens with zero attached hydrogens (tertiary/aromatic N) is 3. The van der Waals surface area contributed by atoms with Crippen molar-refractivity contribution in [2.75, 3.05) is 7.11 Å². The standard InChI is InChI=1S/C22H18N4O3/c1-28-17-10-8-16(9-11-17)20-25-22(29-26-20)19-7-3-2-6-18(19)21(27)24-14-15-5-4-12-23-13-15/h2-13H,14H2,1H3,(H,24,27). The zero-order chi connectivity index (χ0) is 20.1. The molecule has 0 radical (unpaired) electrons. The molecule has 2 aromatic carbocycles. The van der Waals surface area contributed by atoms with Gasteiger partial charge in [0.2, 0.25) is 5.82 Å². The number of amides is 1. The van der Waals surface area contributed by atoms with Crippen LogP contribution in [-0.2, 0) is 6.54 Å². The molecule has 0 bridgehead atoms. The summed E-state index contributed by atoms with van der Waals surface area (Å²) in [6.07, 6.45) is 3.40. The minimum atomic E-state index is -0.228. The highest BCUT2D eigenvalue weighted by atomic mass is 16.5. The number of hydrogen-bond acceptors (Lipinski definition) is 6. The number of methoxy groups -OCH3 is 1. The molecule has 0 fully saturated rings. The highest BCUT2D eigenvalue weighted by molar-refractivity contribution is 6.00. The molecule has 1 amide bonds. The predicted molar refractivity (Wildman–Crippen MR) is 107 cm³/mol. The zero-order valence-electron chi connectivity index (χ0n) is 15.7. The van der Waals surface area contributed by atoms with Gasteiger partial charge in [-0.25, -0.2) is 0 Å².